The number of hydrogen-bond acceptors (Lipinski definition) is 4. The monoisotopic (exact) mass is 475 g/mol. The predicted molar refractivity (Wildman–Crippen MR) is 98.4 cm³/mol. The Morgan fingerprint density at radius 1 is 1.12 bits per heavy atom. The summed E-state index contributed by atoms with van der Waals surface area (Å²) in [5.74, 6) is 1.48. The molecule has 0 unspecified atom stereocenters. The second-order valence-electron chi connectivity index (χ2n) is 4.89. The van der Waals surface area contributed by atoms with Crippen molar-refractivity contribution in [2.75, 3.05) is 25.1 Å². The van der Waals surface area contributed by atoms with Gasteiger partial charge in [0.05, 0.1) is 10.2 Å². The van der Waals surface area contributed by atoms with Crippen molar-refractivity contribution in [2.45, 2.75) is 0 Å². The van der Waals surface area contributed by atoms with Crippen molar-refractivity contribution in [3.63, 3.8) is 0 Å². The highest BCUT2D eigenvalue weighted by molar-refractivity contribution is 9.11. The number of carbonyl (C=O) groups excluding carboxylic acids is 1. The minimum Gasteiger partial charge on any atom is -0.486 e. The lowest BCUT2D eigenvalue weighted by Crippen LogP contribution is -2.21. The highest BCUT2D eigenvalue weighted by Crippen LogP contribution is 2.38. The van der Waals surface area contributed by atoms with E-state index >= 15 is 0 Å². The third kappa shape index (κ3) is 4.15. The zero-order valence-corrected chi connectivity index (χ0v) is 16.2. The molecule has 0 radical (unpaired) electrons. The standard InChI is InChI=1S/C16H12Br2ClNO4/c17-10-6-14-15(23-4-3-22-14)7-12(10)20-16(21)8-24-13-2-1-9(19)5-11(13)18/h1-2,5-7H,3-4,8H2,(H,20,21). The zero-order valence-electron chi connectivity index (χ0n) is 12.3. The SMILES string of the molecule is O=C(COc1ccc(Cl)cc1Br)Nc1cc2c(cc1Br)OCCO2. The minimum absolute atomic E-state index is 0.138. The summed E-state index contributed by atoms with van der Waals surface area (Å²) in [5, 5.41) is 3.36. The van der Waals surface area contributed by atoms with Crippen LogP contribution in [-0.4, -0.2) is 25.7 Å². The number of nitrogens with one attached hydrogen (secondary N) is 1. The molecule has 3 rings (SSSR count). The Balaban J connectivity index is 1.64. The van der Waals surface area contributed by atoms with Crippen molar-refractivity contribution < 1.29 is 19.0 Å². The van der Waals surface area contributed by atoms with E-state index in [1.807, 2.05) is 0 Å². The molecule has 1 aliphatic rings. The van der Waals surface area contributed by atoms with Gasteiger partial charge in [0.2, 0.25) is 0 Å². The molecule has 1 heterocycles. The molecule has 0 bridgehead atoms. The van der Waals surface area contributed by atoms with Crippen LogP contribution in [0.25, 0.3) is 0 Å². The van der Waals surface area contributed by atoms with Crippen molar-refractivity contribution >= 4 is 55.1 Å². The lowest BCUT2D eigenvalue weighted by molar-refractivity contribution is -0.118. The van der Waals surface area contributed by atoms with Crippen molar-refractivity contribution in [3.8, 4) is 17.2 Å². The lowest BCUT2D eigenvalue weighted by Gasteiger charge is -2.20. The summed E-state index contributed by atoms with van der Waals surface area (Å²) in [6, 6.07) is 8.57. The van der Waals surface area contributed by atoms with Gasteiger partial charge in [0.1, 0.15) is 19.0 Å². The van der Waals surface area contributed by atoms with Gasteiger partial charge in [-0.15, -0.1) is 0 Å². The van der Waals surface area contributed by atoms with E-state index in [0.717, 1.165) is 0 Å². The highest BCUT2D eigenvalue weighted by Gasteiger charge is 2.16. The van der Waals surface area contributed by atoms with Gasteiger partial charge in [0.25, 0.3) is 5.91 Å². The number of benzene rings is 2. The molecule has 8 heteroatoms. The van der Waals surface area contributed by atoms with Crippen LogP contribution in [0.1, 0.15) is 0 Å². The summed E-state index contributed by atoms with van der Waals surface area (Å²) in [5.41, 5.74) is 0.586. The van der Waals surface area contributed by atoms with Gasteiger partial charge >= 0.3 is 0 Å². The number of fused-ring (bicyclic) bond motifs is 1. The maximum atomic E-state index is 12.1. The van der Waals surface area contributed by atoms with E-state index in [1.165, 1.54) is 0 Å². The Bertz CT molecular complexity index is 785. The first-order chi connectivity index (χ1) is 11.5. The third-order valence-electron chi connectivity index (χ3n) is 3.16. The number of hydrogen-bond donors (Lipinski definition) is 1. The average molecular weight is 478 g/mol. The van der Waals surface area contributed by atoms with E-state index in [1.54, 1.807) is 30.3 Å². The fourth-order valence-corrected chi connectivity index (χ4v) is 3.30. The fourth-order valence-electron chi connectivity index (χ4n) is 2.08. The number of carbonyl (C=O) groups is 1. The molecule has 0 saturated carbocycles. The largest absolute Gasteiger partial charge is 0.486 e. The molecule has 0 fully saturated rings. The molecule has 0 saturated heterocycles. The minimum atomic E-state index is -0.297. The molecule has 1 amide bonds. The Labute approximate surface area is 160 Å². The molecule has 2 aromatic rings. The van der Waals surface area contributed by atoms with E-state index < -0.39 is 0 Å². The average Bonchev–Trinajstić information content (AvgIpc) is 2.55. The zero-order chi connectivity index (χ0) is 17.1. The van der Waals surface area contributed by atoms with Gasteiger partial charge < -0.3 is 19.5 Å². The van der Waals surface area contributed by atoms with Crippen LogP contribution >= 0.6 is 43.5 Å². The van der Waals surface area contributed by atoms with Gasteiger partial charge in [0.15, 0.2) is 18.1 Å². The van der Waals surface area contributed by atoms with Gasteiger partial charge in [0, 0.05) is 21.6 Å². The predicted octanol–water partition coefficient (Wildman–Crippen LogP) is 4.65. The highest BCUT2D eigenvalue weighted by atomic mass is 79.9. The first-order valence-corrected chi connectivity index (χ1v) is 8.96. The molecule has 0 atom stereocenters. The number of ether oxygens (including phenoxy) is 3. The summed E-state index contributed by atoms with van der Waals surface area (Å²) >= 11 is 12.6. The fraction of sp³-hybridized carbons (Fsp3) is 0.188. The van der Waals surface area contributed by atoms with Crippen LogP contribution in [0.4, 0.5) is 5.69 Å². The molecule has 0 aromatic heterocycles. The first-order valence-electron chi connectivity index (χ1n) is 7.00. The molecule has 0 aliphatic carbocycles. The number of amides is 1. The molecule has 2 aromatic carbocycles. The molecule has 24 heavy (non-hydrogen) atoms. The van der Waals surface area contributed by atoms with Crippen LogP contribution in [-0.2, 0) is 4.79 Å². The molecule has 1 N–H and O–H groups in total. The van der Waals surface area contributed by atoms with Gasteiger partial charge in [-0.05, 0) is 50.1 Å². The topological polar surface area (TPSA) is 56.8 Å². The van der Waals surface area contributed by atoms with E-state index in [2.05, 4.69) is 37.2 Å². The van der Waals surface area contributed by atoms with Gasteiger partial charge in [-0.25, -0.2) is 0 Å². The van der Waals surface area contributed by atoms with Crippen LogP contribution in [0.15, 0.2) is 39.3 Å². The Kier molecular flexibility index (Phi) is 5.53. The maximum Gasteiger partial charge on any atom is 0.262 e. The van der Waals surface area contributed by atoms with Crippen LogP contribution in [0.5, 0.6) is 17.2 Å². The maximum absolute atomic E-state index is 12.1. The van der Waals surface area contributed by atoms with E-state index in [4.69, 9.17) is 25.8 Å². The summed E-state index contributed by atoms with van der Waals surface area (Å²) in [4.78, 5) is 12.1. The molecule has 1 aliphatic heterocycles. The normalized spacial score (nSPS) is 12.6. The van der Waals surface area contributed by atoms with E-state index in [-0.39, 0.29) is 12.5 Å². The Morgan fingerprint density at radius 3 is 2.54 bits per heavy atom. The van der Waals surface area contributed by atoms with E-state index in [0.29, 0.717) is 50.1 Å². The summed E-state index contributed by atoms with van der Waals surface area (Å²) in [7, 11) is 0. The van der Waals surface area contributed by atoms with Crippen LogP contribution in [0, 0.1) is 0 Å². The van der Waals surface area contributed by atoms with E-state index in [9.17, 15) is 4.79 Å². The van der Waals surface area contributed by atoms with Gasteiger partial charge in [-0.2, -0.15) is 0 Å². The summed E-state index contributed by atoms with van der Waals surface area (Å²) < 4.78 is 17.9. The first kappa shape index (κ1) is 17.4. The van der Waals surface area contributed by atoms with Gasteiger partial charge in [-0.3, -0.25) is 4.79 Å². The molecular formula is C16H12Br2ClNO4. The quantitative estimate of drug-likeness (QED) is 0.696. The lowest BCUT2D eigenvalue weighted by atomic mass is 10.2. The van der Waals surface area contributed by atoms with Crippen molar-refractivity contribution in [2.24, 2.45) is 0 Å². The van der Waals surface area contributed by atoms with Crippen molar-refractivity contribution in [1.82, 2.24) is 0 Å². The second kappa shape index (κ2) is 7.63. The summed E-state index contributed by atoms with van der Waals surface area (Å²) in [6.07, 6.45) is 0. The number of halogens is 3. The molecule has 126 valence electrons. The molecule has 0 spiro atoms. The van der Waals surface area contributed by atoms with Crippen LogP contribution in [0.2, 0.25) is 5.02 Å². The number of rotatable bonds is 4. The molecular weight excluding hydrogens is 465 g/mol. The van der Waals surface area contributed by atoms with Crippen LogP contribution < -0.4 is 19.5 Å². The molecule has 5 nitrogen and oxygen atoms in total. The second-order valence-corrected chi connectivity index (χ2v) is 7.03. The van der Waals surface area contributed by atoms with Crippen molar-refractivity contribution in [1.29, 1.82) is 0 Å². The number of anilines is 1. The Morgan fingerprint density at radius 2 is 1.83 bits per heavy atom. The smallest absolute Gasteiger partial charge is 0.262 e. The Hall–Kier alpha value is -1.44. The summed E-state index contributed by atoms with van der Waals surface area (Å²) in [6.45, 7) is 0.853. The van der Waals surface area contributed by atoms with Gasteiger partial charge in [-0.1, -0.05) is 11.6 Å². The van der Waals surface area contributed by atoms with Crippen molar-refractivity contribution in [3.05, 3.63) is 44.3 Å². The third-order valence-corrected chi connectivity index (χ3v) is 4.67. The van der Waals surface area contributed by atoms with Crippen LogP contribution in [0.3, 0.4) is 0 Å².